The number of nitrogens with zero attached hydrogens (tertiary/aromatic N) is 2. The van der Waals surface area contributed by atoms with Crippen LogP contribution in [0.15, 0.2) is 77.0 Å². The zero-order valence-corrected chi connectivity index (χ0v) is 18.1. The molecule has 2 aromatic carbocycles. The van der Waals surface area contributed by atoms with Gasteiger partial charge in [-0.25, -0.2) is 4.39 Å². The van der Waals surface area contributed by atoms with Gasteiger partial charge in [0, 0.05) is 29.0 Å². The highest BCUT2D eigenvalue weighted by Gasteiger charge is 2.46. The van der Waals surface area contributed by atoms with Gasteiger partial charge in [0.15, 0.2) is 0 Å². The third-order valence-corrected chi connectivity index (χ3v) is 5.78. The summed E-state index contributed by atoms with van der Waals surface area (Å²) in [5.74, 6) is -2.45. The lowest BCUT2D eigenvalue weighted by Crippen LogP contribution is -2.29. The average Bonchev–Trinajstić information content (AvgIpc) is 3.01. The topological polar surface area (TPSA) is 70.5 Å². The van der Waals surface area contributed by atoms with Crippen LogP contribution in [0.5, 0.6) is 0 Å². The molecule has 5 nitrogen and oxygen atoms in total. The van der Waals surface area contributed by atoms with Crippen molar-refractivity contribution < 1.29 is 19.1 Å². The molecule has 1 N–H and O–H groups in total. The van der Waals surface area contributed by atoms with Gasteiger partial charge in [-0.05, 0) is 47.9 Å². The standard InChI is InChI=1S/C24H18BrFN2O3/c1-14-4-5-17(11-19(14)26)22(29)20-21(16-6-8-18(25)9-7-16)28(24(31)23(20)30)13-15-3-2-10-27-12-15/h2-12,21,29H,13H2,1H3/t21-/m1/s1. The molecule has 0 saturated carbocycles. The fourth-order valence-corrected chi connectivity index (χ4v) is 3.88. The molecule has 0 unspecified atom stereocenters. The Morgan fingerprint density at radius 3 is 2.55 bits per heavy atom. The first-order chi connectivity index (χ1) is 14.9. The zero-order chi connectivity index (χ0) is 22.1. The fraction of sp³-hybridized carbons (Fsp3) is 0.125. The molecule has 1 aliphatic heterocycles. The second kappa shape index (κ2) is 8.43. The van der Waals surface area contributed by atoms with Crippen molar-refractivity contribution in [3.8, 4) is 0 Å². The number of pyridine rings is 1. The first-order valence-corrected chi connectivity index (χ1v) is 10.4. The number of halogens is 2. The monoisotopic (exact) mass is 480 g/mol. The van der Waals surface area contributed by atoms with Crippen molar-refractivity contribution in [1.29, 1.82) is 0 Å². The van der Waals surface area contributed by atoms with Gasteiger partial charge in [0.1, 0.15) is 11.6 Å². The molecule has 156 valence electrons. The predicted molar refractivity (Wildman–Crippen MR) is 117 cm³/mol. The summed E-state index contributed by atoms with van der Waals surface area (Å²) in [6.45, 7) is 1.74. The quantitative estimate of drug-likeness (QED) is 0.327. The van der Waals surface area contributed by atoms with E-state index in [1.807, 2.05) is 0 Å². The number of aryl methyl sites for hydroxylation is 1. The Morgan fingerprint density at radius 1 is 1.16 bits per heavy atom. The van der Waals surface area contributed by atoms with E-state index in [4.69, 9.17) is 0 Å². The molecule has 7 heteroatoms. The van der Waals surface area contributed by atoms with Gasteiger partial charge >= 0.3 is 0 Å². The molecule has 1 fully saturated rings. The Kier molecular flexibility index (Phi) is 5.69. The average molecular weight is 481 g/mol. The molecule has 31 heavy (non-hydrogen) atoms. The van der Waals surface area contributed by atoms with E-state index in [9.17, 15) is 19.1 Å². The van der Waals surface area contributed by atoms with E-state index in [0.717, 1.165) is 16.1 Å². The number of aliphatic hydroxyl groups excluding tert-OH is 1. The molecule has 0 spiro atoms. The number of benzene rings is 2. The summed E-state index contributed by atoms with van der Waals surface area (Å²) in [7, 11) is 0. The van der Waals surface area contributed by atoms with E-state index in [-0.39, 0.29) is 17.7 Å². The third kappa shape index (κ3) is 4.01. The minimum atomic E-state index is -0.822. The molecule has 1 saturated heterocycles. The molecule has 0 bridgehead atoms. The van der Waals surface area contributed by atoms with Gasteiger partial charge in [-0.2, -0.15) is 0 Å². The van der Waals surface area contributed by atoms with Crippen LogP contribution in [0.25, 0.3) is 5.76 Å². The van der Waals surface area contributed by atoms with E-state index in [0.29, 0.717) is 11.1 Å². The smallest absolute Gasteiger partial charge is 0.295 e. The van der Waals surface area contributed by atoms with Crippen molar-refractivity contribution in [1.82, 2.24) is 9.88 Å². The van der Waals surface area contributed by atoms with Crippen molar-refractivity contribution in [2.75, 3.05) is 0 Å². The SMILES string of the molecule is Cc1ccc(C(O)=C2C(=O)C(=O)N(Cc3cccnc3)[C@@H]2c2ccc(Br)cc2)cc1F. The number of amides is 1. The van der Waals surface area contributed by atoms with Crippen molar-refractivity contribution in [3.05, 3.63) is 105 Å². The molecular formula is C24H18BrFN2O3. The Hall–Kier alpha value is -3.32. The van der Waals surface area contributed by atoms with Crippen LogP contribution in [0, 0.1) is 12.7 Å². The maximum Gasteiger partial charge on any atom is 0.295 e. The largest absolute Gasteiger partial charge is 0.507 e. The van der Waals surface area contributed by atoms with Crippen LogP contribution in [-0.2, 0) is 16.1 Å². The first-order valence-electron chi connectivity index (χ1n) is 9.56. The summed E-state index contributed by atoms with van der Waals surface area (Å²) in [5, 5.41) is 11.0. The second-order valence-corrected chi connectivity index (χ2v) is 8.22. The lowest BCUT2D eigenvalue weighted by molar-refractivity contribution is -0.140. The molecule has 1 atom stereocenters. The Labute approximate surface area is 187 Å². The highest BCUT2D eigenvalue weighted by Crippen LogP contribution is 2.40. The van der Waals surface area contributed by atoms with Gasteiger partial charge in [0.05, 0.1) is 11.6 Å². The first kappa shape index (κ1) is 20.9. The van der Waals surface area contributed by atoms with Crippen LogP contribution in [0.1, 0.15) is 28.3 Å². The number of hydrogen-bond acceptors (Lipinski definition) is 4. The minimum absolute atomic E-state index is 0.0699. The number of ketones is 1. The van der Waals surface area contributed by atoms with Gasteiger partial charge in [-0.15, -0.1) is 0 Å². The van der Waals surface area contributed by atoms with Gasteiger partial charge in [0.2, 0.25) is 0 Å². The Balaban J connectivity index is 1.87. The second-order valence-electron chi connectivity index (χ2n) is 7.30. The molecule has 1 aliphatic rings. The minimum Gasteiger partial charge on any atom is -0.507 e. The van der Waals surface area contributed by atoms with Gasteiger partial charge in [0.25, 0.3) is 11.7 Å². The summed E-state index contributed by atoms with van der Waals surface area (Å²) >= 11 is 3.38. The van der Waals surface area contributed by atoms with Crippen molar-refractivity contribution in [2.24, 2.45) is 0 Å². The predicted octanol–water partition coefficient (Wildman–Crippen LogP) is 4.91. The van der Waals surface area contributed by atoms with Crippen molar-refractivity contribution in [3.63, 3.8) is 0 Å². The number of carbonyl (C=O) groups is 2. The van der Waals surface area contributed by atoms with E-state index >= 15 is 0 Å². The number of rotatable bonds is 4. The molecule has 1 amide bonds. The molecule has 0 radical (unpaired) electrons. The Bertz CT molecular complexity index is 1190. The summed E-state index contributed by atoms with van der Waals surface area (Å²) in [6, 6.07) is 14.1. The maximum absolute atomic E-state index is 14.1. The summed E-state index contributed by atoms with van der Waals surface area (Å²) < 4.78 is 15.0. The molecule has 2 heterocycles. The number of likely N-dealkylation sites (tertiary alicyclic amines) is 1. The van der Waals surface area contributed by atoms with E-state index < -0.39 is 29.3 Å². The fourth-order valence-electron chi connectivity index (χ4n) is 3.62. The lowest BCUT2D eigenvalue weighted by atomic mass is 9.95. The molecule has 4 rings (SSSR count). The molecule has 0 aliphatic carbocycles. The van der Waals surface area contributed by atoms with Gasteiger partial charge in [-0.1, -0.05) is 46.3 Å². The van der Waals surface area contributed by atoms with Crippen LogP contribution in [0.2, 0.25) is 0 Å². The number of aliphatic hydroxyl groups is 1. The summed E-state index contributed by atoms with van der Waals surface area (Å²) in [5.41, 5.74) is 1.88. The molecule has 1 aromatic heterocycles. The zero-order valence-electron chi connectivity index (χ0n) is 16.5. The number of aromatic nitrogens is 1. The number of Topliss-reactive ketones (excluding diaryl/α,β-unsaturated/α-hetero) is 1. The van der Waals surface area contributed by atoms with E-state index in [1.165, 1.54) is 17.0 Å². The van der Waals surface area contributed by atoms with E-state index in [1.54, 1.807) is 55.7 Å². The normalized spacial score (nSPS) is 17.9. The molecule has 3 aromatic rings. The number of hydrogen-bond donors (Lipinski definition) is 1. The van der Waals surface area contributed by atoms with Crippen LogP contribution >= 0.6 is 15.9 Å². The van der Waals surface area contributed by atoms with Crippen molar-refractivity contribution in [2.45, 2.75) is 19.5 Å². The Morgan fingerprint density at radius 2 is 1.90 bits per heavy atom. The number of carbonyl (C=O) groups excluding carboxylic acids is 2. The maximum atomic E-state index is 14.1. The lowest BCUT2D eigenvalue weighted by Gasteiger charge is -2.25. The third-order valence-electron chi connectivity index (χ3n) is 5.25. The van der Waals surface area contributed by atoms with Gasteiger partial charge < -0.3 is 10.0 Å². The molecular weight excluding hydrogens is 463 g/mol. The van der Waals surface area contributed by atoms with Crippen LogP contribution < -0.4 is 0 Å². The highest BCUT2D eigenvalue weighted by molar-refractivity contribution is 9.10. The van der Waals surface area contributed by atoms with Crippen LogP contribution in [0.4, 0.5) is 4.39 Å². The van der Waals surface area contributed by atoms with Crippen molar-refractivity contribution >= 4 is 33.4 Å². The summed E-state index contributed by atoms with van der Waals surface area (Å²) in [6.07, 6.45) is 3.24. The highest BCUT2D eigenvalue weighted by atomic mass is 79.9. The summed E-state index contributed by atoms with van der Waals surface area (Å²) in [4.78, 5) is 31.4. The van der Waals surface area contributed by atoms with Crippen LogP contribution in [0.3, 0.4) is 0 Å². The van der Waals surface area contributed by atoms with Gasteiger partial charge in [-0.3, -0.25) is 14.6 Å². The van der Waals surface area contributed by atoms with E-state index in [2.05, 4.69) is 20.9 Å². The van der Waals surface area contributed by atoms with Crippen LogP contribution in [-0.4, -0.2) is 26.7 Å².